The second kappa shape index (κ2) is 5.62. The molecule has 0 spiro atoms. The molecular formula is C12H20N2O3. The molecule has 0 aliphatic carbocycles. The van der Waals surface area contributed by atoms with Gasteiger partial charge >= 0.3 is 0 Å². The van der Waals surface area contributed by atoms with E-state index in [1.807, 2.05) is 6.92 Å². The summed E-state index contributed by atoms with van der Waals surface area (Å²) in [4.78, 5) is 6.54. The van der Waals surface area contributed by atoms with Gasteiger partial charge in [-0.3, -0.25) is 4.90 Å². The van der Waals surface area contributed by atoms with E-state index in [2.05, 4.69) is 9.88 Å². The molecule has 2 rings (SSSR count). The van der Waals surface area contributed by atoms with Crippen molar-refractivity contribution in [2.24, 2.45) is 0 Å². The predicted octanol–water partition coefficient (Wildman–Crippen LogP) is 1.22. The van der Waals surface area contributed by atoms with Crippen molar-refractivity contribution in [3.8, 4) is 0 Å². The van der Waals surface area contributed by atoms with Crippen LogP contribution >= 0.6 is 0 Å². The second-order valence-electron chi connectivity index (χ2n) is 4.50. The lowest BCUT2D eigenvalue weighted by molar-refractivity contribution is 0.101. The van der Waals surface area contributed by atoms with E-state index in [0.717, 1.165) is 37.8 Å². The third-order valence-electron chi connectivity index (χ3n) is 3.19. The molecule has 96 valence electrons. The molecule has 0 radical (unpaired) electrons. The molecule has 0 aromatic carbocycles. The number of nitrogens with zero attached hydrogens (tertiary/aromatic N) is 2. The Labute approximate surface area is 102 Å². The fraction of sp³-hybridized carbons (Fsp3) is 0.750. The van der Waals surface area contributed by atoms with E-state index in [-0.39, 0.29) is 6.10 Å². The summed E-state index contributed by atoms with van der Waals surface area (Å²) in [7, 11) is 3.49. The van der Waals surface area contributed by atoms with E-state index in [0.29, 0.717) is 6.04 Å². The average molecular weight is 240 g/mol. The number of aryl methyl sites for hydroxylation is 1. The normalized spacial score (nSPS) is 25.6. The zero-order valence-corrected chi connectivity index (χ0v) is 10.7. The van der Waals surface area contributed by atoms with Gasteiger partial charge in [0.2, 0.25) is 5.89 Å². The minimum atomic E-state index is 0.284. The summed E-state index contributed by atoms with van der Waals surface area (Å²) in [5, 5.41) is 0. The first-order chi connectivity index (χ1) is 8.22. The molecule has 5 nitrogen and oxygen atoms in total. The summed E-state index contributed by atoms with van der Waals surface area (Å²) < 4.78 is 16.2. The number of oxazole rings is 1. The highest BCUT2D eigenvalue weighted by Crippen LogP contribution is 2.22. The number of aromatic nitrogens is 1. The van der Waals surface area contributed by atoms with Gasteiger partial charge in [-0.1, -0.05) is 0 Å². The highest BCUT2D eigenvalue weighted by atomic mass is 16.5. The average Bonchev–Trinajstić information content (AvgIpc) is 2.87. The Morgan fingerprint density at radius 3 is 2.94 bits per heavy atom. The van der Waals surface area contributed by atoms with Crippen molar-refractivity contribution < 1.29 is 13.9 Å². The number of rotatable bonds is 5. The number of hydrogen-bond donors (Lipinski definition) is 0. The fourth-order valence-corrected chi connectivity index (χ4v) is 2.32. The largest absolute Gasteiger partial charge is 0.445 e. The molecule has 1 aromatic heterocycles. The van der Waals surface area contributed by atoms with Gasteiger partial charge in [0.1, 0.15) is 5.76 Å². The van der Waals surface area contributed by atoms with Crippen LogP contribution in [-0.4, -0.2) is 49.4 Å². The molecule has 0 N–H and O–H groups in total. The van der Waals surface area contributed by atoms with Crippen LogP contribution in [0, 0.1) is 6.92 Å². The summed E-state index contributed by atoms with van der Waals surface area (Å²) in [5.41, 5.74) is 0. The summed E-state index contributed by atoms with van der Waals surface area (Å²) >= 11 is 0. The van der Waals surface area contributed by atoms with Gasteiger partial charge in [0.25, 0.3) is 0 Å². The van der Waals surface area contributed by atoms with Crippen molar-refractivity contribution in [2.45, 2.75) is 32.0 Å². The maximum atomic E-state index is 5.51. The zero-order chi connectivity index (χ0) is 12.3. The topological polar surface area (TPSA) is 47.7 Å². The monoisotopic (exact) mass is 240 g/mol. The molecule has 1 fully saturated rings. The van der Waals surface area contributed by atoms with E-state index < -0.39 is 0 Å². The summed E-state index contributed by atoms with van der Waals surface area (Å²) in [6.45, 7) is 4.26. The van der Waals surface area contributed by atoms with Gasteiger partial charge in [-0.15, -0.1) is 0 Å². The fourth-order valence-electron chi connectivity index (χ4n) is 2.32. The van der Waals surface area contributed by atoms with Crippen LogP contribution in [0.25, 0.3) is 0 Å². The van der Waals surface area contributed by atoms with Crippen molar-refractivity contribution in [3.63, 3.8) is 0 Å². The van der Waals surface area contributed by atoms with Gasteiger partial charge in [0.15, 0.2) is 0 Å². The lowest BCUT2D eigenvalue weighted by Crippen LogP contribution is -2.32. The number of methoxy groups -OCH3 is 2. The van der Waals surface area contributed by atoms with Crippen LogP contribution < -0.4 is 0 Å². The Balaban J connectivity index is 1.97. The third-order valence-corrected chi connectivity index (χ3v) is 3.19. The first kappa shape index (κ1) is 12.5. The van der Waals surface area contributed by atoms with Crippen LogP contribution in [-0.2, 0) is 16.0 Å². The molecule has 17 heavy (non-hydrogen) atoms. The van der Waals surface area contributed by atoms with E-state index in [4.69, 9.17) is 13.9 Å². The minimum Gasteiger partial charge on any atom is -0.445 e. The van der Waals surface area contributed by atoms with E-state index in [1.165, 1.54) is 0 Å². The van der Waals surface area contributed by atoms with Crippen molar-refractivity contribution in [1.82, 2.24) is 9.88 Å². The van der Waals surface area contributed by atoms with E-state index in [9.17, 15) is 0 Å². The standard InChI is InChI=1S/C12H20N2O3/c1-9-5-13-12(17-9)7-14-6-11(16-3)4-10(14)8-15-2/h5,10-11H,4,6-8H2,1-3H3/t10-,11-/m0/s1. The Morgan fingerprint density at radius 1 is 1.53 bits per heavy atom. The maximum Gasteiger partial charge on any atom is 0.208 e. The minimum absolute atomic E-state index is 0.284. The Morgan fingerprint density at radius 2 is 2.35 bits per heavy atom. The summed E-state index contributed by atoms with van der Waals surface area (Å²) in [5.74, 6) is 1.62. The smallest absolute Gasteiger partial charge is 0.208 e. The van der Waals surface area contributed by atoms with Crippen molar-refractivity contribution in [3.05, 3.63) is 17.8 Å². The molecule has 1 aliphatic heterocycles. The molecule has 5 heteroatoms. The molecular weight excluding hydrogens is 220 g/mol. The lowest BCUT2D eigenvalue weighted by atomic mass is 10.2. The van der Waals surface area contributed by atoms with Gasteiger partial charge in [0.05, 0.1) is 25.5 Å². The zero-order valence-electron chi connectivity index (χ0n) is 10.7. The first-order valence-corrected chi connectivity index (χ1v) is 5.90. The Hall–Kier alpha value is -0.910. The van der Waals surface area contributed by atoms with Crippen molar-refractivity contribution in [2.75, 3.05) is 27.4 Å². The number of likely N-dealkylation sites (tertiary alicyclic amines) is 1. The molecule has 1 saturated heterocycles. The van der Waals surface area contributed by atoms with Crippen LogP contribution in [0.2, 0.25) is 0 Å². The molecule has 0 unspecified atom stereocenters. The summed E-state index contributed by atoms with van der Waals surface area (Å²) in [6, 6.07) is 0.386. The van der Waals surface area contributed by atoms with Crippen LogP contribution in [0.1, 0.15) is 18.1 Å². The van der Waals surface area contributed by atoms with Gasteiger partial charge in [-0.05, 0) is 13.3 Å². The number of ether oxygens (including phenoxy) is 2. The first-order valence-electron chi connectivity index (χ1n) is 5.90. The Kier molecular flexibility index (Phi) is 4.15. The molecule has 1 aromatic rings. The van der Waals surface area contributed by atoms with Crippen LogP contribution in [0.5, 0.6) is 0 Å². The molecule has 2 atom stereocenters. The van der Waals surface area contributed by atoms with Gasteiger partial charge in [-0.2, -0.15) is 0 Å². The molecule has 1 aliphatic rings. The van der Waals surface area contributed by atoms with Crippen molar-refractivity contribution in [1.29, 1.82) is 0 Å². The third kappa shape index (κ3) is 3.06. The van der Waals surface area contributed by atoms with E-state index in [1.54, 1.807) is 20.4 Å². The number of hydrogen-bond acceptors (Lipinski definition) is 5. The summed E-state index contributed by atoms with van der Waals surface area (Å²) in [6.07, 6.45) is 3.04. The highest BCUT2D eigenvalue weighted by Gasteiger charge is 2.32. The molecule has 2 heterocycles. The maximum absolute atomic E-state index is 5.51. The van der Waals surface area contributed by atoms with Gasteiger partial charge in [-0.25, -0.2) is 4.98 Å². The van der Waals surface area contributed by atoms with E-state index >= 15 is 0 Å². The quantitative estimate of drug-likeness (QED) is 0.774. The highest BCUT2D eigenvalue weighted by molar-refractivity contribution is 4.94. The van der Waals surface area contributed by atoms with Crippen molar-refractivity contribution >= 4 is 0 Å². The SMILES string of the molecule is COC[C@@H]1C[C@H](OC)CN1Cc1ncc(C)o1. The molecule has 0 bridgehead atoms. The van der Waals surface area contributed by atoms with Gasteiger partial charge < -0.3 is 13.9 Å². The lowest BCUT2D eigenvalue weighted by Gasteiger charge is -2.21. The van der Waals surface area contributed by atoms with Crippen LogP contribution in [0.3, 0.4) is 0 Å². The van der Waals surface area contributed by atoms with Crippen LogP contribution in [0.4, 0.5) is 0 Å². The Bertz CT molecular complexity index is 353. The van der Waals surface area contributed by atoms with Gasteiger partial charge in [0, 0.05) is 26.8 Å². The molecule has 0 saturated carbocycles. The van der Waals surface area contributed by atoms with Crippen LogP contribution in [0.15, 0.2) is 10.6 Å². The molecule has 0 amide bonds. The second-order valence-corrected chi connectivity index (χ2v) is 4.50. The predicted molar refractivity (Wildman–Crippen MR) is 62.7 cm³/mol.